The first kappa shape index (κ1) is 11.2. The molecule has 2 rings (SSSR count). The molecule has 0 fully saturated rings. The lowest BCUT2D eigenvalue weighted by Crippen LogP contribution is -1.92. The molecule has 7 nitrogen and oxygen atoms in total. The molecule has 0 radical (unpaired) electrons. The van der Waals surface area contributed by atoms with Crippen LogP contribution in [0.4, 0.5) is 5.69 Å². The number of non-ortho nitro benzene ring substituents is 1. The highest BCUT2D eigenvalue weighted by Crippen LogP contribution is 2.20. The van der Waals surface area contributed by atoms with Gasteiger partial charge in [0.15, 0.2) is 0 Å². The number of nitro benzene ring substituents is 1. The molecule has 8 heteroatoms. The van der Waals surface area contributed by atoms with Crippen molar-refractivity contribution < 1.29 is 4.92 Å². The summed E-state index contributed by atoms with van der Waals surface area (Å²) >= 11 is 5.89. The van der Waals surface area contributed by atoms with Crippen molar-refractivity contribution in [1.29, 1.82) is 0 Å². The number of nitro groups is 1. The van der Waals surface area contributed by atoms with Crippen molar-refractivity contribution in [2.45, 2.75) is 0 Å². The normalized spacial score (nSPS) is 10.9. The molecule has 0 aliphatic heterocycles. The average molecular weight is 252 g/mol. The van der Waals surface area contributed by atoms with Gasteiger partial charge in [-0.05, 0) is 6.07 Å². The third-order valence-corrected chi connectivity index (χ3v) is 2.27. The molecule has 0 bridgehead atoms. The average Bonchev–Trinajstić information content (AvgIpc) is 2.80. The van der Waals surface area contributed by atoms with Crippen LogP contribution in [0.1, 0.15) is 5.56 Å². The highest BCUT2D eigenvalue weighted by molar-refractivity contribution is 6.33. The molecule has 2 aromatic rings. The first-order valence-corrected chi connectivity index (χ1v) is 4.87. The van der Waals surface area contributed by atoms with E-state index in [9.17, 15) is 10.1 Å². The number of benzene rings is 1. The summed E-state index contributed by atoms with van der Waals surface area (Å²) in [6.07, 6.45) is 4.18. The summed E-state index contributed by atoms with van der Waals surface area (Å²) in [7, 11) is 0. The van der Waals surface area contributed by atoms with Crippen LogP contribution in [0.15, 0.2) is 36.0 Å². The van der Waals surface area contributed by atoms with E-state index in [4.69, 9.17) is 11.6 Å². The second kappa shape index (κ2) is 4.71. The van der Waals surface area contributed by atoms with Crippen LogP contribution in [-0.4, -0.2) is 26.0 Å². The van der Waals surface area contributed by atoms with E-state index in [1.54, 1.807) is 0 Å². The first-order valence-electron chi connectivity index (χ1n) is 4.50. The fraction of sp³-hybridized carbons (Fsp3) is 0. The minimum atomic E-state index is -0.494. The van der Waals surface area contributed by atoms with E-state index in [-0.39, 0.29) is 5.69 Å². The van der Waals surface area contributed by atoms with Crippen LogP contribution in [-0.2, 0) is 0 Å². The second-order valence-corrected chi connectivity index (χ2v) is 3.46. The van der Waals surface area contributed by atoms with Gasteiger partial charge in [0.1, 0.15) is 12.7 Å². The number of aromatic nitrogens is 3. The van der Waals surface area contributed by atoms with Crippen LogP contribution < -0.4 is 0 Å². The number of hydrogen-bond acceptors (Lipinski definition) is 5. The van der Waals surface area contributed by atoms with Crippen molar-refractivity contribution in [1.82, 2.24) is 14.9 Å². The van der Waals surface area contributed by atoms with Crippen LogP contribution >= 0.6 is 11.6 Å². The first-order chi connectivity index (χ1) is 8.16. The minimum Gasteiger partial charge on any atom is -0.258 e. The van der Waals surface area contributed by atoms with Gasteiger partial charge in [-0.15, -0.1) is 10.2 Å². The predicted molar refractivity (Wildman–Crippen MR) is 61.1 cm³/mol. The second-order valence-electron chi connectivity index (χ2n) is 3.05. The zero-order valence-corrected chi connectivity index (χ0v) is 9.15. The monoisotopic (exact) mass is 251 g/mol. The minimum absolute atomic E-state index is 0.0420. The third-order valence-electron chi connectivity index (χ3n) is 1.93. The summed E-state index contributed by atoms with van der Waals surface area (Å²) < 4.78 is 1.36. The topological polar surface area (TPSA) is 86.2 Å². The van der Waals surface area contributed by atoms with E-state index in [0.29, 0.717) is 10.6 Å². The van der Waals surface area contributed by atoms with Gasteiger partial charge in [-0.2, -0.15) is 5.10 Å². The summed E-state index contributed by atoms with van der Waals surface area (Å²) in [6, 6.07) is 4.13. The Morgan fingerprint density at radius 2 is 2.12 bits per heavy atom. The van der Waals surface area contributed by atoms with E-state index < -0.39 is 4.92 Å². The summed E-state index contributed by atoms with van der Waals surface area (Å²) in [4.78, 5) is 10.1. The van der Waals surface area contributed by atoms with Crippen molar-refractivity contribution in [2.24, 2.45) is 5.10 Å². The fourth-order valence-corrected chi connectivity index (χ4v) is 1.29. The van der Waals surface area contributed by atoms with E-state index in [1.165, 1.54) is 41.7 Å². The molecule has 0 atom stereocenters. The highest BCUT2D eigenvalue weighted by atomic mass is 35.5. The summed E-state index contributed by atoms with van der Waals surface area (Å²) in [5, 5.41) is 22.1. The maximum Gasteiger partial charge on any atom is 0.270 e. The number of rotatable bonds is 3. The van der Waals surface area contributed by atoms with Gasteiger partial charge in [-0.25, -0.2) is 4.68 Å². The molecule has 86 valence electrons. The molecule has 0 aliphatic carbocycles. The highest BCUT2D eigenvalue weighted by Gasteiger charge is 2.08. The molecule has 0 aliphatic rings. The van der Waals surface area contributed by atoms with Crippen molar-refractivity contribution >= 4 is 23.5 Å². The van der Waals surface area contributed by atoms with E-state index in [2.05, 4.69) is 15.3 Å². The predicted octanol–water partition coefficient (Wildman–Crippen LogP) is 1.72. The standard InChI is InChI=1S/C9H6ClN5O2/c10-9-2-1-8(15(16)17)3-7(9)4-13-14-5-11-12-6-14/h1-6H. The largest absolute Gasteiger partial charge is 0.270 e. The fourth-order valence-electron chi connectivity index (χ4n) is 1.13. The summed E-state index contributed by atoms with van der Waals surface area (Å²) in [5.74, 6) is 0. The number of halogens is 1. The lowest BCUT2D eigenvalue weighted by Gasteiger charge is -1.97. The van der Waals surface area contributed by atoms with E-state index >= 15 is 0 Å². The van der Waals surface area contributed by atoms with Gasteiger partial charge in [0.2, 0.25) is 0 Å². The molecule has 1 aromatic heterocycles. The lowest BCUT2D eigenvalue weighted by atomic mass is 10.2. The van der Waals surface area contributed by atoms with Crippen LogP contribution in [0.3, 0.4) is 0 Å². The van der Waals surface area contributed by atoms with Gasteiger partial charge in [0, 0.05) is 22.7 Å². The quantitative estimate of drug-likeness (QED) is 0.472. The summed E-state index contributed by atoms with van der Waals surface area (Å²) in [6.45, 7) is 0. The zero-order chi connectivity index (χ0) is 12.3. The molecule has 0 N–H and O–H groups in total. The van der Waals surface area contributed by atoms with Crippen molar-refractivity contribution in [3.8, 4) is 0 Å². The number of hydrogen-bond donors (Lipinski definition) is 0. The van der Waals surface area contributed by atoms with Gasteiger partial charge >= 0.3 is 0 Å². The van der Waals surface area contributed by atoms with Gasteiger partial charge in [0.25, 0.3) is 5.69 Å². The summed E-state index contributed by atoms with van der Waals surface area (Å²) in [5.41, 5.74) is 0.411. The molecule has 0 spiro atoms. The van der Waals surface area contributed by atoms with Gasteiger partial charge in [-0.3, -0.25) is 10.1 Å². The van der Waals surface area contributed by atoms with E-state index in [0.717, 1.165) is 0 Å². The Balaban J connectivity index is 2.31. The lowest BCUT2D eigenvalue weighted by molar-refractivity contribution is -0.384. The van der Waals surface area contributed by atoms with Gasteiger partial charge < -0.3 is 0 Å². The zero-order valence-electron chi connectivity index (χ0n) is 8.39. The Kier molecular flexibility index (Phi) is 3.10. The molecule has 0 saturated heterocycles. The molecule has 0 amide bonds. The number of nitrogens with zero attached hydrogens (tertiary/aromatic N) is 5. The van der Waals surface area contributed by atoms with Gasteiger partial charge in [-0.1, -0.05) is 11.6 Å². The SMILES string of the molecule is O=[N+]([O-])c1ccc(Cl)c(C=Nn2cnnc2)c1. The van der Waals surface area contributed by atoms with Crippen molar-refractivity contribution in [2.75, 3.05) is 0 Å². The van der Waals surface area contributed by atoms with E-state index in [1.807, 2.05) is 0 Å². The Hall–Kier alpha value is -2.28. The maximum absolute atomic E-state index is 10.6. The van der Waals surface area contributed by atoms with Crippen LogP contribution in [0.5, 0.6) is 0 Å². The molecule has 0 saturated carbocycles. The molecular weight excluding hydrogens is 246 g/mol. The Morgan fingerprint density at radius 3 is 2.76 bits per heavy atom. The Morgan fingerprint density at radius 1 is 1.41 bits per heavy atom. The van der Waals surface area contributed by atoms with Gasteiger partial charge in [0.05, 0.1) is 11.1 Å². The third kappa shape index (κ3) is 2.64. The smallest absolute Gasteiger partial charge is 0.258 e. The van der Waals surface area contributed by atoms with Crippen molar-refractivity contribution in [3.05, 3.63) is 51.6 Å². The molecular formula is C9H6ClN5O2. The molecule has 17 heavy (non-hydrogen) atoms. The maximum atomic E-state index is 10.6. The molecule has 0 unspecified atom stereocenters. The van der Waals surface area contributed by atoms with Crippen LogP contribution in [0.25, 0.3) is 0 Å². The molecule has 1 heterocycles. The van der Waals surface area contributed by atoms with Crippen LogP contribution in [0.2, 0.25) is 5.02 Å². The van der Waals surface area contributed by atoms with Crippen LogP contribution in [0, 0.1) is 10.1 Å². The molecule has 1 aromatic carbocycles. The Labute approximate surface area is 101 Å². The van der Waals surface area contributed by atoms with Crippen molar-refractivity contribution in [3.63, 3.8) is 0 Å². The Bertz CT molecular complexity index is 567.